The third-order valence-corrected chi connectivity index (χ3v) is 3.82. The second kappa shape index (κ2) is 6.07. The van der Waals surface area contributed by atoms with Crippen molar-refractivity contribution < 1.29 is 14.7 Å². The van der Waals surface area contributed by atoms with Crippen LogP contribution >= 0.6 is 0 Å². The molecule has 1 saturated heterocycles. The number of carboxylic acid groups (broad SMARTS) is 1. The number of hydrogen-bond acceptors (Lipinski definition) is 3. The number of aromatic nitrogens is 2. The van der Waals surface area contributed by atoms with Crippen LogP contribution in [0.3, 0.4) is 0 Å². The Bertz CT molecular complexity index is 510. The zero-order valence-corrected chi connectivity index (χ0v) is 12.0. The molecule has 0 bridgehead atoms. The predicted molar refractivity (Wildman–Crippen MR) is 73.4 cm³/mol. The quantitative estimate of drug-likeness (QED) is 0.905. The Balaban J connectivity index is 1.99. The van der Waals surface area contributed by atoms with Crippen LogP contribution in [0.5, 0.6) is 0 Å². The van der Waals surface area contributed by atoms with Crippen LogP contribution in [0, 0.1) is 12.8 Å². The fraction of sp³-hybridized carbons (Fsp3) is 0.643. The van der Waals surface area contributed by atoms with Crippen molar-refractivity contribution in [3.05, 3.63) is 17.5 Å². The number of amides is 1. The smallest absolute Gasteiger partial charge is 0.303 e. The Morgan fingerprint density at radius 1 is 1.50 bits per heavy atom. The highest BCUT2D eigenvalue weighted by molar-refractivity contribution is 5.95. The van der Waals surface area contributed by atoms with Crippen molar-refractivity contribution in [2.24, 2.45) is 13.0 Å². The van der Waals surface area contributed by atoms with Gasteiger partial charge >= 0.3 is 5.97 Å². The van der Waals surface area contributed by atoms with Crippen LogP contribution in [0.4, 0.5) is 0 Å². The highest BCUT2D eigenvalue weighted by Crippen LogP contribution is 2.23. The summed E-state index contributed by atoms with van der Waals surface area (Å²) in [5.41, 5.74) is 1.39. The Labute approximate surface area is 118 Å². The van der Waals surface area contributed by atoms with Crippen molar-refractivity contribution in [3.63, 3.8) is 0 Å². The van der Waals surface area contributed by atoms with Gasteiger partial charge in [-0.2, -0.15) is 5.10 Å². The lowest BCUT2D eigenvalue weighted by atomic mass is 9.93. The summed E-state index contributed by atoms with van der Waals surface area (Å²) >= 11 is 0. The Morgan fingerprint density at radius 2 is 2.25 bits per heavy atom. The molecule has 6 heteroatoms. The maximum Gasteiger partial charge on any atom is 0.303 e. The van der Waals surface area contributed by atoms with E-state index >= 15 is 0 Å². The van der Waals surface area contributed by atoms with Gasteiger partial charge in [-0.1, -0.05) is 0 Å². The Kier molecular flexibility index (Phi) is 4.42. The van der Waals surface area contributed by atoms with E-state index in [4.69, 9.17) is 5.11 Å². The summed E-state index contributed by atoms with van der Waals surface area (Å²) < 4.78 is 1.65. The van der Waals surface area contributed by atoms with Crippen LogP contribution in [-0.4, -0.2) is 44.8 Å². The Morgan fingerprint density at radius 3 is 2.85 bits per heavy atom. The molecule has 2 heterocycles. The van der Waals surface area contributed by atoms with E-state index < -0.39 is 5.97 Å². The number of carbonyl (C=O) groups excluding carboxylic acids is 1. The first-order valence-electron chi connectivity index (χ1n) is 6.98. The lowest BCUT2D eigenvalue weighted by Crippen LogP contribution is -2.40. The first-order chi connectivity index (χ1) is 9.47. The molecule has 1 amide bonds. The van der Waals surface area contributed by atoms with Crippen LogP contribution in [0.25, 0.3) is 0 Å². The highest BCUT2D eigenvalue weighted by Gasteiger charge is 2.26. The monoisotopic (exact) mass is 279 g/mol. The minimum Gasteiger partial charge on any atom is -0.481 e. The Hall–Kier alpha value is -1.85. The molecule has 1 aromatic heterocycles. The molecular weight excluding hydrogens is 258 g/mol. The maximum absolute atomic E-state index is 12.5. The van der Waals surface area contributed by atoms with Gasteiger partial charge in [0.1, 0.15) is 0 Å². The molecule has 0 saturated carbocycles. The second-order valence-corrected chi connectivity index (χ2v) is 5.49. The van der Waals surface area contributed by atoms with Crippen molar-refractivity contribution in [2.45, 2.75) is 32.6 Å². The van der Waals surface area contributed by atoms with Crippen molar-refractivity contribution in [1.29, 1.82) is 0 Å². The summed E-state index contributed by atoms with van der Waals surface area (Å²) in [6, 6.07) is 0. The summed E-state index contributed by atoms with van der Waals surface area (Å²) in [7, 11) is 1.80. The molecular formula is C14H21N3O3. The van der Waals surface area contributed by atoms with Gasteiger partial charge in [-0.3, -0.25) is 14.3 Å². The third kappa shape index (κ3) is 3.37. The molecule has 1 atom stereocenters. The number of carboxylic acids is 1. The molecule has 0 aliphatic carbocycles. The summed E-state index contributed by atoms with van der Waals surface area (Å²) in [5.74, 6) is -0.465. The number of aryl methyl sites for hydroxylation is 2. The first kappa shape index (κ1) is 14.6. The van der Waals surface area contributed by atoms with Gasteiger partial charge in [-0.25, -0.2) is 0 Å². The molecule has 1 N–H and O–H groups in total. The average molecular weight is 279 g/mol. The van der Waals surface area contributed by atoms with Crippen LogP contribution in [0.1, 0.15) is 41.7 Å². The lowest BCUT2D eigenvalue weighted by molar-refractivity contribution is -0.137. The van der Waals surface area contributed by atoms with E-state index in [1.165, 1.54) is 0 Å². The van der Waals surface area contributed by atoms with E-state index in [0.29, 0.717) is 24.4 Å². The van der Waals surface area contributed by atoms with Gasteiger partial charge in [-0.15, -0.1) is 0 Å². The molecule has 1 unspecified atom stereocenters. The normalized spacial score (nSPS) is 19.1. The largest absolute Gasteiger partial charge is 0.481 e. The van der Waals surface area contributed by atoms with Gasteiger partial charge in [-0.05, 0) is 32.1 Å². The maximum atomic E-state index is 12.5. The van der Waals surface area contributed by atoms with Crippen molar-refractivity contribution in [1.82, 2.24) is 14.7 Å². The fourth-order valence-electron chi connectivity index (χ4n) is 2.79. The van der Waals surface area contributed by atoms with Gasteiger partial charge in [0.25, 0.3) is 5.91 Å². The van der Waals surface area contributed by atoms with Crippen LogP contribution in [0.2, 0.25) is 0 Å². The molecule has 1 fully saturated rings. The van der Waals surface area contributed by atoms with E-state index in [9.17, 15) is 9.59 Å². The number of nitrogens with zero attached hydrogens (tertiary/aromatic N) is 3. The van der Waals surface area contributed by atoms with Crippen molar-refractivity contribution in [3.8, 4) is 0 Å². The topological polar surface area (TPSA) is 75.4 Å². The van der Waals surface area contributed by atoms with E-state index in [1.807, 2.05) is 11.8 Å². The fourth-order valence-corrected chi connectivity index (χ4v) is 2.79. The first-order valence-corrected chi connectivity index (χ1v) is 6.98. The van der Waals surface area contributed by atoms with E-state index in [1.54, 1.807) is 17.9 Å². The molecule has 2 rings (SSSR count). The van der Waals surface area contributed by atoms with Gasteiger partial charge in [0.2, 0.25) is 0 Å². The molecule has 1 aromatic rings. The molecule has 0 radical (unpaired) electrons. The molecule has 0 spiro atoms. The molecule has 0 aromatic carbocycles. The molecule has 1 aliphatic heterocycles. The molecule has 110 valence electrons. The summed E-state index contributed by atoms with van der Waals surface area (Å²) in [6.45, 7) is 3.23. The number of aliphatic carboxylic acids is 1. The molecule has 20 heavy (non-hydrogen) atoms. The van der Waals surface area contributed by atoms with Crippen LogP contribution < -0.4 is 0 Å². The average Bonchev–Trinajstić information content (AvgIpc) is 2.75. The standard InChI is InChI=1S/C14H21N3O3/c1-10-12(9-16(2)15-10)14(20)17-7-3-4-11(8-17)5-6-13(18)19/h9,11H,3-8H2,1-2H3,(H,18,19). The minimum absolute atomic E-state index is 0.00984. The zero-order valence-electron chi connectivity index (χ0n) is 12.0. The van der Waals surface area contributed by atoms with Gasteiger partial charge in [0.15, 0.2) is 0 Å². The summed E-state index contributed by atoms with van der Waals surface area (Å²) in [4.78, 5) is 24.9. The van der Waals surface area contributed by atoms with Crippen LogP contribution in [-0.2, 0) is 11.8 Å². The van der Waals surface area contributed by atoms with Crippen molar-refractivity contribution in [2.75, 3.05) is 13.1 Å². The second-order valence-electron chi connectivity index (χ2n) is 5.49. The van der Waals surface area contributed by atoms with Gasteiger partial charge in [0.05, 0.1) is 11.3 Å². The van der Waals surface area contributed by atoms with E-state index in [2.05, 4.69) is 5.10 Å². The van der Waals surface area contributed by atoms with Gasteiger partial charge < -0.3 is 10.0 Å². The number of hydrogen-bond donors (Lipinski definition) is 1. The predicted octanol–water partition coefficient (Wildman–Crippen LogP) is 1.45. The van der Waals surface area contributed by atoms with Gasteiger partial charge in [0, 0.05) is 32.8 Å². The number of likely N-dealkylation sites (tertiary alicyclic amines) is 1. The third-order valence-electron chi connectivity index (χ3n) is 3.82. The SMILES string of the molecule is Cc1nn(C)cc1C(=O)N1CCCC(CCC(=O)O)C1. The van der Waals surface area contributed by atoms with Crippen LogP contribution in [0.15, 0.2) is 6.20 Å². The van der Waals surface area contributed by atoms with Crippen molar-refractivity contribution >= 4 is 11.9 Å². The molecule has 1 aliphatic rings. The molecule has 6 nitrogen and oxygen atoms in total. The number of rotatable bonds is 4. The minimum atomic E-state index is -0.767. The highest BCUT2D eigenvalue weighted by atomic mass is 16.4. The summed E-state index contributed by atoms with van der Waals surface area (Å²) in [6.07, 6.45) is 4.51. The summed E-state index contributed by atoms with van der Waals surface area (Å²) in [5, 5.41) is 12.9. The lowest BCUT2D eigenvalue weighted by Gasteiger charge is -2.32. The van der Waals surface area contributed by atoms with E-state index in [0.717, 1.165) is 25.1 Å². The number of piperidine rings is 1. The number of carbonyl (C=O) groups is 2. The zero-order chi connectivity index (χ0) is 14.7. The van der Waals surface area contributed by atoms with E-state index in [-0.39, 0.29) is 12.3 Å².